The molecule has 0 fully saturated rings. The van der Waals surface area contributed by atoms with E-state index in [2.05, 4.69) is 31.0 Å². The molecule has 0 amide bonds. The molecule has 1 aromatic heterocycles. The number of aromatic nitrogens is 2. The number of hydrogen-bond acceptors (Lipinski definition) is 5. The average Bonchev–Trinajstić information content (AvgIpc) is 2.76. The Labute approximate surface area is 117 Å². The van der Waals surface area contributed by atoms with Crippen molar-refractivity contribution in [2.45, 2.75) is 43.8 Å². The van der Waals surface area contributed by atoms with Crippen LogP contribution in [0.25, 0.3) is 0 Å². The van der Waals surface area contributed by atoms with Gasteiger partial charge in [0.2, 0.25) is 11.8 Å². The lowest BCUT2D eigenvalue weighted by Gasteiger charge is -2.11. The quantitative estimate of drug-likeness (QED) is 0.686. The summed E-state index contributed by atoms with van der Waals surface area (Å²) in [4.78, 5) is 1.18. The van der Waals surface area contributed by atoms with Crippen molar-refractivity contribution >= 4 is 17.4 Å². The first-order valence-corrected chi connectivity index (χ1v) is 7.16. The van der Waals surface area contributed by atoms with Crippen LogP contribution in [0.1, 0.15) is 38.1 Å². The van der Waals surface area contributed by atoms with Crippen molar-refractivity contribution < 1.29 is 4.42 Å². The van der Waals surface area contributed by atoms with Crippen LogP contribution in [-0.2, 0) is 11.2 Å². The van der Waals surface area contributed by atoms with Crippen LogP contribution in [0.3, 0.4) is 0 Å². The van der Waals surface area contributed by atoms with Gasteiger partial charge in [0, 0.05) is 16.0 Å². The molecule has 1 heterocycles. The van der Waals surface area contributed by atoms with Gasteiger partial charge < -0.3 is 10.2 Å². The van der Waals surface area contributed by atoms with Gasteiger partial charge in [0.15, 0.2) is 0 Å². The van der Waals surface area contributed by atoms with Gasteiger partial charge in [-0.25, -0.2) is 0 Å². The molecule has 4 nitrogen and oxygen atoms in total. The molecule has 0 aliphatic carbocycles. The van der Waals surface area contributed by atoms with Crippen molar-refractivity contribution in [3.63, 3.8) is 0 Å². The van der Waals surface area contributed by atoms with Gasteiger partial charge in [0.1, 0.15) is 0 Å². The first-order chi connectivity index (χ1) is 8.86. The Morgan fingerprint density at radius 1 is 1.26 bits per heavy atom. The number of nitrogen functional groups attached to an aromatic ring is 1. The van der Waals surface area contributed by atoms with Crippen molar-refractivity contribution in [2.24, 2.45) is 0 Å². The van der Waals surface area contributed by atoms with E-state index in [1.807, 2.05) is 25.1 Å². The lowest BCUT2D eigenvalue weighted by molar-refractivity contribution is 0.378. The minimum Gasteiger partial charge on any atom is -0.424 e. The molecule has 2 N–H and O–H groups in total. The summed E-state index contributed by atoms with van der Waals surface area (Å²) in [7, 11) is 0. The molecule has 2 aromatic rings. The zero-order valence-corrected chi connectivity index (χ0v) is 12.5. The van der Waals surface area contributed by atoms with Crippen molar-refractivity contribution in [1.29, 1.82) is 0 Å². The van der Waals surface area contributed by atoms with Gasteiger partial charge in [-0.15, -0.1) is 22.0 Å². The molecule has 102 valence electrons. The fourth-order valence-corrected chi connectivity index (χ4v) is 2.44. The average molecular weight is 277 g/mol. The minimum absolute atomic E-state index is 0.104. The summed E-state index contributed by atoms with van der Waals surface area (Å²) in [6, 6.07) is 5.90. The van der Waals surface area contributed by atoms with Gasteiger partial charge in [-0.05, 0) is 30.7 Å². The van der Waals surface area contributed by atoms with Crippen LogP contribution in [0.15, 0.2) is 27.5 Å². The smallest absolute Gasteiger partial charge is 0.226 e. The van der Waals surface area contributed by atoms with E-state index >= 15 is 0 Å². The molecule has 0 bridgehead atoms. The fraction of sp³-hybridized carbons (Fsp3) is 0.429. The number of nitrogens with zero attached hydrogens (tertiary/aromatic N) is 2. The summed E-state index contributed by atoms with van der Waals surface area (Å²) in [5, 5.41) is 8.17. The highest BCUT2D eigenvalue weighted by molar-refractivity contribution is 7.98. The van der Waals surface area contributed by atoms with E-state index in [0.29, 0.717) is 17.5 Å². The summed E-state index contributed by atoms with van der Waals surface area (Å²) in [5.41, 5.74) is 7.59. The van der Waals surface area contributed by atoms with Gasteiger partial charge >= 0.3 is 0 Å². The summed E-state index contributed by atoms with van der Waals surface area (Å²) < 4.78 is 5.67. The molecule has 2 rings (SSSR count). The Morgan fingerprint density at radius 3 is 2.58 bits per heavy atom. The second kappa shape index (κ2) is 5.25. The summed E-state index contributed by atoms with van der Waals surface area (Å²) >= 11 is 1.68. The minimum atomic E-state index is -0.104. The summed E-state index contributed by atoms with van der Waals surface area (Å²) in [6.07, 6.45) is 0. The third-order valence-electron chi connectivity index (χ3n) is 2.66. The van der Waals surface area contributed by atoms with E-state index in [1.165, 1.54) is 10.5 Å². The molecule has 0 saturated heterocycles. The zero-order valence-electron chi connectivity index (χ0n) is 11.7. The molecule has 0 spiro atoms. The maximum atomic E-state index is 5.74. The predicted octanol–water partition coefficient (Wildman–Crippen LogP) is 3.55. The largest absolute Gasteiger partial charge is 0.424 e. The van der Waals surface area contributed by atoms with E-state index < -0.39 is 0 Å². The number of benzene rings is 1. The molecular formula is C14H19N3OS. The molecular weight excluding hydrogens is 258 g/mol. The Hall–Kier alpha value is -1.49. The molecule has 0 aliphatic rings. The monoisotopic (exact) mass is 277 g/mol. The highest BCUT2D eigenvalue weighted by Gasteiger charge is 2.21. The Bertz CT molecular complexity index is 572. The second-order valence-corrected chi connectivity index (χ2v) is 6.58. The number of thioether (sulfide) groups is 1. The van der Waals surface area contributed by atoms with Gasteiger partial charge in [-0.2, -0.15) is 0 Å². The number of nitrogens with two attached hydrogens (primary N) is 1. The van der Waals surface area contributed by atoms with E-state index in [1.54, 1.807) is 11.8 Å². The first kappa shape index (κ1) is 13.9. The molecule has 1 aromatic carbocycles. The summed E-state index contributed by atoms with van der Waals surface area (Å²) in [5.74, 6) is 2.01. The topological polar surface area (TPSA) is 64.9 Å². The van der Waals surface area contributed by atoms with Crippen LogP contribution in [0, 0.1) is 6.92 Å². The lowest BCUT2D eigenvalue weighted by Crippen LogP contribution is -2.11. The lowest BCUT2D eigenvalue weighted by atomic mass is 9.97. The molecule has 0 unspecified atom stereocenters. The molecule has 0 saturated carbocycles. The van der Waals surface area contributed by atoms with E-state index in [0.717, 1.165) is 5.69 Å². The first-order valence-electron chi connectivity index (χ1n) is 6.18. The molecule has 19 heavy (non-hydrogen) atoms. The third-order valence-corrected chi connectivity index (χ3v) is 3.82. The van der Waals surface area contributed by atoms with Gasteiger partial charge in [0.05, 0.1) is 5.75 Å². The van der Waals surface area contributed by atoms with Gasteiger partial charge in [0.25, 0.3) is 0 Å². The number of hydrogen-bond donors (Lipinski definition) is 1. The Balaban J connectivity index is 2.04. The highest BCUT2D eigenvalue weighted by Crippen LogP contribution is 2.28. The fourth-order valence-electron chi connectivity index (χ4n) is 1.59. The van der Waals surface area contributed by atoms with Gasteiger partial charge in [-0.1, -0.05) is 20.8 Å². The van der Waals surface area contributed by atoms with Crippen LogP contribution in [-0.4, -0.2) is 10.2 Å². The standard InChI is InChI=1S/C14H19N3OS/c1-9-7-10(15)5-6-11(9)19-8-12-16-17-13(18-12)14(2,3)4/h5-7H,8,15H2,1-4H3. The van der Waals surface area contributed by atoms with Crippen LogP contribution in [0.4, 0.5) is 5.69 Å². The van der Waals surface area contributed by atoms with Crippen molar-refractivity contribution in [3.05, 3.63) is 35.5 Å². The van der Waals surface area contributed by atoms with E-state index in [-0.39, 0.29) is 5.41 Å². The van der Waals surface area contributed by atoms with Crippen LogP contribution in [0.2, 0.25) is 0 Å². The van der Waals surface area contributed by atoms with Crippen LogP contribution in [0.5, 0.6) is 0 Å². The van der Waals surface area contributed by atoms with Crippen molar-refractivity contribution in [1.82, 2.24) is 10.2 Å². The summed E-state index contributed by atoms with van der Waals surface area (Å²) in [6.45, 7) is 8.22. The molecule has 0 atom stereocenters. The number of rotatable bonds is 3. The van der Waals surface area contributed by atoms with Crippen molar-refractivity contribution in [3.8, 4) is 0 Å². The third kappa shape index (κ3) is 3.50. The zero-order chi connectivity index (χ0) is 14.0. The number of anilines is 1. The maximum absolute atomic E-state index is 5.74. The Morgan fingerprint density at radius 2 is 2.00 bits per heavy atom. The number of aryl methyl sites for hydroxylation is 1. The van der Waals surface area contributed by atoms with Crippen LogP contribution >= 0.6 is 11.8 Å². The van der Waals surface area contributed by atoms with E-state index in [9.17, 15) is 0 Å². The van der Waals surface area contributed by atoms with E-state index in [4.69, 9.17) is 10.2 Å². The van der Waals surface area contributed by atoms with Gasteiger partial charge in [-0.3, -0.25) is 0 Å². The molecule has 0 radical (unpaired) electrons. The highest BCUT2D eigenvalue weighted by atomic mass is 32.2. The molecule has 0 aliphatic heterocycles. The molecule has 5 heteroatoms. The SMILES string of the molecule is Cc1cc(N)ccc1SCc1nnc(C(C)(C)C)o1. The van der Waals surface area contributed by atoms with Crippen molar-refractivity contribution in [2.75, 3.05) is 5.73 Å². The Kier molecular flexibility index (Phi) is 3.85. The normalized spacial score (nSPS) is 11.8. The predicted molar refractivity (Wildman–Crippen MR) is 78.2 cm³/mol. The second-order valence-electron chi connectivity index (χ2n) is 5.56. The van der Waals surface area contributed by atoms with Crippen LogP contribution < -0.4 is 5.73 Å². The maximum Gasteiger partial charge on any atom is 0.226 e.